The normalized spacial score (nSPS) is 24.7. The second-order valence-corrected chi connectivity index (χ2v) is 7.45. The number of quaternary nitrogens is 1. The van der Waals surface area contributed by atoms with E-state index in [2.05, 4.69) is 0 Å². The average Bonchev–Trinajstić information content (AvgIpc) is 2.54. The van der Waals surface area contributed by atoms with E-state index < -0.39 is 30.1 Å². The van der Waals surface area contributed by atoms with Crippen LogP contribution in [0.1, 0.15) is 12.8 Å². The fourth-order valence-corrected chi connectivity index (χ4v) is 3.22. The van der Waals surface area contributed by atoms with Crippen LogP contribution in [0.25, 0.3) is 0 Å². The second kappa shape index (κ2) is 5.13. The third-order valence-corrected chi connectivity index (χ3v) is 4.80. The summed E-state index contributed by atoms with van der Waals surface area (Å²) in [5.41, 5.74) is 0. The highest BCUT2D eigenvalue weighted by atomic mass is 32.2. The molecule has 8 nitrogen and oxygen atoms in total. The Bertz CT molecular complexity index is 526. The summed E-state index contributed by atoms with van der Waals surface area (Å²) in [5.74, 6) is -0.439. The van der Waals surface area contributed by atoms with E-state index in [1.54, 1.807) is 11.9 Å². The van der Waals surface area contributed by atoms with Gasteiger partial charge >= 0.3 is 0 Å². The molecule has 0 saturated carbocycles. The lowest BCUT2D eigenvalue weighted by molar-refractivity contribution is -0.759. The lowest BCUT2D eigenvalue weighted by Gasteiger charge is -2.33. The highest BCUT2D eigenvalue weighted by Crippen LogP contribution is 2.23. The third kappa shape index (κ3) is 3.92. The molecule has 1 rings (SSSR count). The molecular weight excluding hydrogens is 284 g/mol. The van der Waals surface area contributed by atoms with Gasteiger partial charge in [0.25, 0.3) is 20.4 Å². The monoisotopic (exact) mass is 300 g/mol. The van der Waals surface area contributed by atoms with Crippen molar-refractivity contribution in [3.05, 3.63) is 12.4 Å². The molecule has 0 spiro atoms. The molecule has 0 aromatic heterocycles. The van der Waals surface area contributed by atoms with Crippen LogP contribution in [0.5, 0.6) is 0 Å². The molecule has 18 heavy (non-hydrogen) atoms. The van der Waals surface area contributed by atoms with E-state index in [0.29, 0.717) is 0 Å². The molecule has 1 aliphatic rings. The standard InChI is InChI=1S/C8H16N2O6S2/c1-9-4-6-10(8-9,18(14,15)16)5-2-3-7-17(11,12)13/h4,6H,2-3,5,7-8H2,1H3,(H-,11,12,13,14,15,16). The highest BCUT2D eigenvalue weighted by molar-refractivity contribution is 7.85. The summed E-state index contributed by atoms with van der Waals surface area (Å²) >= 11 is 0. The molecule has 0 aromatic rings. The minimum absolute atomic E-state index is 0.0116. The Morgan fingerprint density at radius 1 is 1.33 bits per heavy atom. The van der Waals surface area contributed by atoms with Crippen molar-refractivity contribution in [3.8, 4) is 0 Å². The van der Waals surface area contributed by atoms with Gasteiger partial charge in [-0.05, 0) is 12.8 Å². The van der Waals surface area contributed by atoms with Crippen molar-refractivity contribution in [1.29, 1.82) is 0 Å². The van der Waals surface area contributed by atoms with Gasteiger partial charge in [-0.2, -0.15) is 20.7 Å². The molecule has 1 heterocycles. The van der Waals surface area contributed by atoms with Gasteiger partial charge in [-0.15, -0.1) is 0 Å². The molecule has 0 radical (unpaired) electrons. The van der Waals surface area contributed by atoms with E-state index in [9.17, 15) is 21.4 Å². The van der Waals surface area contributed by atoms with Crippen LogP contribution in [0, 0.1) is 0 Å². The van der Waals surface area contributed by atoms with Crippen molar-refractivity contribution in [1.82, 2.24) is 4.90 Å². The minimum Gasteiger partial charge on any atom is -0.701 e. The molecule has 1 aliphatic heterocycles. The lowest BCUT2D eigenvalue weighted by atomic mass is 10.3. The maximum Gasteiger partial charge on any atom is 0.264 e. The minimum atomic E-state index is -4.57. The Balaban J connectivity index is 2.64. The Morgan fingerprint density at radius 3 is 2.33 bits per heavy atom. The van der Waals surface area contributed by atoms with E-state index in [1.807, 2.05) is 0 Å². The molecule has 10 heteroatoms. The molecule has 0 fully saturated rings. The topological polar surface area (TPSA) is 115 Å². The third-order valence-electron chi connectivity index (χ3n) is 2.69. The van der Waals surface area contributed by atoms with Crippen LogP contribution in [0.15, 0.2) is 12.4 Å². The van der Waals surface area contributed by atoms with Gasteiger partial charge in [0, 0.05) is 7.05 Å². The Morgan fingerprint density at radius 2 is 1.94 bits per heavy atom. The maximum atomic E-state index is 11.3. The molecule has 1 atom stereocenters. The summed E-state index contributed by atoms with van der Waals surface area (Å²) in [6, 6.07) is 0. The summed E-state index contributed by atoms with van der Waals surface area (Å²) in [6.07, 6.45) is 3.10. The molecular formula is C8H16N2O6S2. The van der Waals surface area contributed by atoms with Gasteiger partial charge in [-0.1, -0.05) is 0 Å². The van der Waals surface area contributed by atoms with Crippen LogP contribution < -0.4 is 0 Å². The molecule has 0 aliphatic carbocycles. The van der Waals surface area contributed by atoms with Crippen LogP contribution in [0.3, 0.4) is 0 Å². The van der Waals surface area contributed by atoms with Crippen molar-refractivity contribution < 1.29 is 29.8 Å². The first-order valence-corrected chi connectivity index (χ1v) is 8.21. The van der Waals surface area contributed by atoms with Gasteiger partial charge in [0.15, 0.2) is 6.67 Å². The van der Waals surface area contributed by atoms with E-state index in [-0.39, 0.29) is 26.1 Å². The Hall–Kier alpha value is -0.680. The van der Waals surface area contributed by atoms with Crippen LogP contribution in [0.4, 0.5) is 0 Å². The van der Waals surface area contributed by atoms with Crippen molar-refractivity contribution in [2.24, 2.45) is 0 Å². The predicted molar refractivity (Wildman–Crippen MR) is 62.2 cm³/mol. The number of nitrogens with zero attached hydrogens (tertiary/aromatic N) is 2. The predicted octanol–water partition coefficient (Wildman–Crippen LogP) is -0.694. The Kier molecular flexibility index (Phi) is 4.38. The molecule has 0 amide bonds. The molecule has 106 valence electrons. The smallest absolute Gasteiger partial charge is 0.264 e. The van der Waals surface area contributed by atoms with Gasteiger partial charge in [0.2, 0.25) is 0 Å². The van der Waals surface area contributed by atoms with Gasteiger partial charge in [0.05, 0.1) is 18.5 Å². The van der Waals surface area contributed by atoms with E-state index in [0.717, 1.165) is 0 Å². The number of rotatable bonds is 6. The summed E-state index contributed by atoms with van der Waals surface area (Å²) in [6.45, 7) is -0.0000976. The van der Waals surface area contributed by atoms with Gasteiger partial charge in [-0.3, -0.25) is 4.55 Å². The molecule has 0 aromatic carbocycles. The number of unbranched alkanes of at least 4 members (excludes halogenated alkanes) is 1. The fourth-order valence-electron chi connectivity index (χ4n) is 1.77. The quantitative estimate of drug-likeness (QED) is 0.392. The molecule has 0 bridgehead atoms. The van der Waals surface area contributed by atoms with E-state index >= 15 is 0 Å². The zero-order valence-corrected chi connectivity index (χ0v) is 11.5. The van der Waals surface area contributed by atoms with Crippen molar-refractivity contribution >= 4 is 20.4 Å². The molecule has 1 N–H and O–H groups in total. The zero-order chi connectivity index (χ0) is 14.0. The first-order chi connectivity index (χ1) is 8.06. The van der Waals surface area contributed by atoms with Crippen molar-refractivity contribution in [2.45, 2.75) is 12.8 Å². The summed E-state index contributed by atoms with van der Waals surface area (Å²) in [4.78, 5) is 1.57. The van der Waals surface area contributed by atoms with Crippen molar-refractivity contribution in [3.63, 3.8) is 0 Å². The number of hydrogen-bond acceptors (Lipinski definition) is 6. The van der Waals surface area contributed by atoms with Gasteiger partial charge in [0.1, 0.15) is 6.20 Å². The van der Waals surface area contributed by atoms with E-state index in [4.69, 9.17) is 4.55 Å². The zero-order valence-electron chi connectivity index (χ0n) is 9.89. The fraction of sp³-hybridized carbons (Fsp3) is 0.750. The number of hydrogen-bond donors (Lipinski definition) is 1. The van der Waals surface area contributed by atoms with Crippen LogP contribution in [0.2, 0.25) is 0 Å². The van der Waals surface area contributed by atoms with E-state index in [1.165, 1.54) is 12.4 Å². The SMILES string of the molecule is CN1C=C[N+](CCCCS(=O)(=O)O)(S(=O)(=O)[O-])C1. The molecule has 0 saturated heterocycles. The van der Waals surface area contributed by atoms with Gasteiger partial charge < -0.3 is 9.45 Å². The van der Waals surface area contributed by atoms with Gasteiger partial charge in [-0.25, -0.2) is 0 Å². The van der Waals surface area contributed by atoms with Crippen LogP contribution in [-0.4, -0.2) is 60.7 Å². The maximum absolute atomic E-state index is 11.3. The largest absolute Gasteiger partial charge is 0.701 e. The van der Waals surface area contributed by atoms with Crippen LogP contribution in [-0.2, 0) is 20.4 Å². The first kappa shape index (κ1) is 15.4. The van der Waals surface area contributed by atoms with Crippen LogP contribution >= 0.6 is 0 Å². The Labute approximate surface area is 107 Å². The lowest BCUT2D eigenvalue weighted by Crippen LogP contribution is -2.49. The molecule has 1 unspecified atom stereocenters. The summed E-state index contributed by atoms with van der Waals surface area (Å²) < 4.78 is 62.6. The second-order valence-electron chi connectivity index (χ2n) is 4.29. The first-order valence-electron chi connectivity index (χ1n) is 5.23. The summed E-state index contributed by atoms with van der Waals surface area (Å²) in [5, 5.41) is 0. The highest BCUT2D eigenvalue weighted by Gasteiger charge is 2.37. The average molecular weight is 300 g/mol. The van der Waals surface area contributed by atoms with Crippen molar-refractivity contribution in [2.75, 3.05) is 26.0 Å². The summed E-state index contributed by atoms with van der Waals surface area (Å²) in [7, 11) is -6.98.